The number of amides is 2. The van der Waals surface area contributed by atoms with Gasteiger partial charge in [0.2, 0.25) is 0 Å². The highest BCUT2D eigenvalue weighted by atomic mass is 16.2. The molecule has 1 saturated heterocycles. The van der Waals surface area contributed by atoms with E-state index in [1.165, 1.54) is 17.0 Å². The molecule has 0 radical (unpaired) electrons. The van der Waals surface area contributed by atoms with Crippen LogP contribution in [0.25, 0.3) is 0 Å². The molecule has 0 unspecified atom stereocenters. The first kappa shape index (κ1) is 12.9. The summed E-state index contributed by atoms with van der Waals surface area (Å²) in [6.45, 7) is 1.78. The summed E-state index contributed by atoms with van der Waals surface area (Å²) in [6.07, 6.45) is 1.62. The zero-order valence-electron chi connectivity index (χ0n) is 11.4. The zero-order valence-corrected chi connectivity index (χ0v) is 11.4. The van der Waals surface area contributed by atoms with E-state index in [-0.39, 0.29) is 17.9 Å². The lowest BCUT2D eigenvalue weighted by Crippen LogP contribution is -2.46. The Kier molecular flexibility index (Phi) is 2.90. The number of benzene rings is 1. The van der Waals surface area contributed by atoms with Crippen LogP contribution in [0.4, 0.5) is 11.4 Å². The molecule has 0 saturated carbocycles. The molecule has 1 aromatic carbocycles. The number of anilines is 2. The van der Waals surface area contributed by atoms with Crippen molar-refractivity contribution in [2.24, 2.45) is 0 Å². The van der Waals surface area contributed by atoms with E-state index in [1.807, 2.05) is 7.05 Å². The Balaban J connectivity index is 1.93. The summed E-state index contributed by atoms with van der Waals surface area (Å²) in [5.41, 5.74) is 12.9. The Morgan fingerprint density at radius 3 is 1.90 bits per heavy atom. The second-order valence-electron chi connectivity index (χ2n) is 5.54. The highest BCUT2D eigenvalue weighted by Crippen LogP contribution is 2.32. The number of nitrogens with two attached hydrogens (primary N) is 2. The van der Waals surface area contributed by atoms with Crippen molar-refractivity contribution in [3.8, 4) is 0 Å². The van der Waals surface area contributed by atoms with Crippen LogP contribution in [0, 0.1) is 0 Å². The maximum absolute atomic E-state index is 12.4. The average molecular weight is 274 g/mol. The van der Waals surface area contributed by atoms with Crippen LogP contribution in [-0.4, -0.2) is 47.8 Å². The number of nitrogens with zero attached hydrogens (tertiary/aromatic N) is 2. The van der Waals surface area contributed by atoms with Crippen LogP contribution in [0.1, 0.15) is 33.6 Å². The van der Waals surface area contributed by atoms with Crippen molar-refractivity contribution in [1.29, 1.82) is 0 Å². The molecule has 4 N–H and O–H groups in total. The minimum Gasteiger partial charge on any atom is -0.397 e. The molecule has 0 aliphatic carbocycles. The smallest absolute Gasteiger partial charge is 0.261 e. The molecule has 20 heavy (non-hydrogen) atoms. The zero-order chi connectivity index (χ0) is 14.4. The minimum absolute atomic E-state index is 0.0268. The summed E-state index contributed by atoms with van der Waals surface area (Å²) in [6, 6.07) is 3.00. The lowest BCUT2D eigenvalue weighted by Gasteiger charge is -2.33. The monoisotopic (exact) mass is 274 g/mol. The van der Waals surface area contributed by atoms with Gasteiger partial charge < -0.3 is 16.4 Å². The third-order valence-electron chi connectivity index (χ3n) is 4.17. The number of carbonyl (C=O) groups excluding carboxylic acids is 2. The number of piperidine rings is 1. The van der Waals surface area contributed by atoms with Crippen molar-refractivity contribution < 1.29 is 9.59 Å². The van der Waals surface area contributed by atoms with E-state index in [9.17, 15) is 9.59 Å². The van der Waals surface area contributed by atoms with Gasteiger partial charge in [-0.3, -0.25) is 14.5 Å². The van der Waals surface area contributed by atoms with Crippen LogP contribution in [-0.2, 0) is 0 Å². The minimum atomic E-state index is -0.244. The Labute approximate surface area is 117 Å². The van der Waals surface area contributed by atoms with Crippen LogP contribution < -0.4 is 11.5 Å². The van der Waals surface area contributed by atoms with Gasteiger partial charge in [-0.2, -0.15) is 0 Å². The van der Waals surface area contributed by atoms with Crippen molar-refractivity contribution in [1.82, 2.24) is 9.80 Å². The predicted octanol–water partition coefficient (Wildman–Crippen LogP) is 0.541. The van der Waals surface area contributed by atoms with Crippen molar-refractivity contribution in [2.75, 3.05) is 31.6 Å². The Morgan fingerprint density at radius 2 is 1.45 bits per heavy atom. The number of likely N-dealkylation sites (tertiary alicyclic amines) is 1. The first-order chi connectivity index (χ1) is 9.49. The number of rotatable bonds is 1. The molecule has 6 nitrogen and oxygen atoms in total. The average Bonchev–Trinajstić information content (AvgIpc) is 2.65. The lowest BCUT2D eigenvalue weighted by molar-refractivity contribution is 0.0516. The van der Waals surface area contributed by atoms with Crippen molar-refractivity contribution in [3.63, 3.8) is 0 Å². The molecule has 1 aromatic rings. The van der Waals surface area contributed by atoms with Crippen molar-refractivity contribution in [2.45, 2.75) is 18.9 Å². The van der Waals surface area contributed by atoms with E-state index < -0.39 is 0 Å². The van der Waals surface area contributed by atoms with Crippen molar-refractivity contribution in [3.05, 3.63) is 23.3 Å². The van der Waals surface area contributed by atoms with Gasteiger partial charge in [0, 0.05) is 6.04 Å². The number of hydrogen-bond acceptors (Lipinski definition) is 5. The van der Waals surface area contributed by atoms with E-state index in [0.29, 0.717) is 22.5 Å². The van der Waals surface area contributed by atoms with Crippen LogP contribution >= 0.6 is 0 Å². The molecule has 2 heterocycles. The Hall–Kier alpha value is -2.08. The van der Waals surface area contributed by atoms with Gasteiger partial charge in [-0.05, 0) is 45.1 Å². The SMILES string of the molecule is CN1CCC(N2C(=O)c3cc(N)c(N)cc3C2=O)CC1. The summed E-state index contributed by atoms with van der Waals surface area (Å²) in [5.74, 6) is -0.488. The number of imide groups is 1. The van der Waals surface area contributed by atoms with Gasteiger partial charge in [-0.25, -0.2) is 0 Å². The van der Waals surface area contributed by atoms with E-state index in [1.54, 1.807) is 0 Å². The van der Waals surface area contributed by atoms with Gasteiger partial charge in [-0.1, -0.05) is 0 Å². The molecular formula is C14H18N4O2. The van der Waals surface area contributed by atoms with Gasteiger partial charge in [0.25, 0.3) is 11.8 Å². The Morgan fingerprint density at radius 1 is 1.00 bits per heavy atom. The summed E-state index contributed by atoms with van der Waals surface area (Å²) in [5, 5.41) is 0. The summed E-state index contributed by atoms with van der Waals surface area (Å²) in [4.78, 5) is 28.5. The largest absolute Gasteiger partial charge is 0.397 e. The third-order valence-corrected chi connectivity index (χ3v) is 4.17. The first-order valence-corrected chi connectivity index (χ1v) is 6.74. The number of fused-ring (bicyclic) bond motifs is 1. The summed E-state index contributed by atoms with van der Waals surface area (Å²) < 4.78 is 0. The lowest BCUT2D eigenvalue weighted by atomic mass is 10.0. The van der Waals surface area contributed by atoms with Crippen LogP contribution in [0.3, 0.4) is 0 Å². The molecule has 0 atom stereocenters. The van der Waals surface area contributed by atoms with Gasteiger partial charge in [0.1, 0.15) is 0 Å². The van der Waals surface area contributed by atoms with Crippen molar-refractivity contribution >= 4 is 23.2 Å². The van der Waals surface area contributed by atoms with E-state index in [2.05, 4.69) is 4.90 Å². The van der Waals surface area contributed by atoms with E-state index in [0.717, 1.165) is 25.9 Å². The first-order valence-electron chi connectivity index (χ1n) is 6.74. The highest BCUT2D eigenvalue weighted by molar-refractivity contribution is 6.22. The molecule has 6 heteroatoms. The number of hydrogen-bond donors (Lipinski definition) is 2. The standard InChI is InChI=1S/C14H18N4O2/c1-17-4-2-8(3-5-17)18-13(19)9-6-11(15)12(16)7-10(9)14(18)20/h6-8H,2-5,15-16H2,1H3. The molecule has 0 bridgehead atoms. The molecule has 2 aliphatic heterocycles. The fourth-order valence-electron chi connectivity index (χ4n) is 2.92. The molecule has 106 valence electrons. The third kappa shape index (κ3) is 1.84. The highest BCUT2D eigenvalue weighted by Gasteiger charge is 2.41. The molecule has 0 aromatic heterocycles. The number of carbonyl (C=O) groups is 2. The molecular weight excluding hydrogens is 256 g/mol. The maximum Gasteiger partial charge on any atom is 0.261 e. The molecule has 3 rings (SSSR count). The second kappa shape index (κ2) is 4.49. The predicted molar refractivity (Wildman–Crippen MR) is 76.3 cm³/mol. The normalized spacial score (nSPS) is 20.6. The van der Waals surface area contributed by atoms with E-state index >= 15 is 0 Å². The fraction of sp³-hybridized carbons (Fsp3) is 0.429. The van der Waals surface area contributed by atoms with Gasteiger partial charge >= 0.3 is 0 Å². The molecule has 2 amide bonds. The maximum atomic E-state index is 12.4. The van der Waals surface area contributed by atoms with E-state index in [4.69, 9.17) is 11.5 Å². The Bertz CT molecular complexity index is 550. The van der Waals surface area contributed by atoms with Gasteiger partial charge in [0.15, 0.2) is 0 Å². The molecule has 1 fully saturated rings. The quantitative estimate of drug-likeness (QED) is 0.576. The van der Waals surface area contributed by atoms with Crippen LogP contribution in [0.5, 0.6) is 0 Å². The summed E-state index contributed by atoms with van der Waals surface area (Å²) in [7, 11) is 2.04. The van der Waals surface area contributed by atoms with Crippen LogP contribution in [0.15, 0.2) is 12.1 Å². The second-order valence-corrected chi connectivity index (χ2v) is 5.54. The van der Waals surface area contributed by atoms with Gasteiger partial charge in [-0.15, -0.1) is 0 Å². The van der Waals surface area contributed by atoms with Crippen LogP contribution in [0.2, 0.25) is 0 Å². The molecule has 0 spiro atoms. The topological polar surface area (TPSA) is 92.7 Å². The summed E-state index contributed by atoms with van der Waals surface area (Å²) >= 11 is 0. The van der Waals surface area contributed by atoms with Gasteiger partial charge in [0.05, 0.1) is 22.5 Å². The fourth-order valence-corrected chi connectivity index (χ4v) is 2.92. The molecule has 2 aliphatic rings. The number of nitrogen functional groups attached to an aromatic ring is 2.